The van der Waals surface area contributed by atoms with Crippen LogP contribution in [0.2, 0.25) is 0 Å². The second-order valence-electron chi connectivity index (χ2n) is 6.84. The molecule has 2 aromatic carbocycles. The Balaban J connectivity index is 1.71. The first-order valence-electron chi connectivity index (χ1n) is 9.02. The Labute approximate surface area is 159 Å². The van der Waals surface area contributed by atoms with E-state index in [2.05, 4.69) is 84.8 Å². The number of aromatic nitrogens is 3. The second-order valence-corrected chi connectivity index (χ2v) is 6.84. The van der Waals surface area contributed by atoms with Crippen LogP contribution in [0.1, 0.15) is 16.8 Å². The number of pyridine rings is 1. The van der Waals surface area contributed by atoms with Crippen LogP contribution in [0.4, 0.5) is 11.5 Å². The third kappa shape index (κ3) is 3.75. The number of aryl methyl sites for hydroxylation is 3. The maximum absolute atomic E-state index is 4.70. The molecule has 27 heavy (non-hydrogen) atoms. The van der Waals surface area contributed by atoms with Gasteiger partial charge in [0, 0.05) is 17.4 Å². The Morgan fingerprint density at radius 2 is 1.63 bits per heavy atom. The van der Waals surface area contributed by atoms with Crippen molar-refractivity contribution in [3.05, 3.63) is 89.7 Å². The van der Waals surface area contributed by atoms with E-state index in [1.807, 2.05) is 23.9 Å². The van der Waals surface area contributed by atoms with E-state index < -0.39 is 0 Å². The van der Waals surface area contributed by atoms with Crippen molar-refractivity contribution in [1.82, 2.24) is 14.8 Å². The van der Waals surface area contributed by atoms with E-state index in [1.165, 1.54) is 11.1 Å². The molecule has 0 spiro atoms. The summed E-state index contributed by atoms with van der Waals surface area (Å²) in [6, 6.07) is 22.8. The van der Waals surface area contributed by atoms with Crippen LogP contribution >= 0.6 is 0 Å². The lowest BCUT2D eigenvalue weighted by Crippen LogP contribution is -2.00. The zero-order valence-corrected chi connectivity index (χ0v) is 15.8. The van der Waals surface area contributed by atoms with Crippen LogP contribution in [-0.4, -0.2) is 14.8 Å². The van der Waals surface area contributed by atoms with Gasteiger partial charge < -0.3 is 5.32 Å². The highest BCUT2D eigenvalue weighted by Crippen LogP contribution is 2.26. The summed E-state index contributed by atoms with van der Waals surface area (Å²) in [6.45, 7) is 6.19. The summed E-state index contributed by atoms with van der Waals surface area (Å²) in [5, 5.41) is 8.07. The van der Waals surface area contributed by atoms with E-state index in [0.29, 0.717) is 0 Å². The van der Waals surface area contributed by atoms with Gasteiger partial charge in [0.15, 0.2) is 0 Å². The zero-order chi connectivity index (χ0) is 18.8. The Hall–Kier alpha value is -3.40. The summed E-state index contributed by atoms with van der Waals surface area (Å²) in [4.78, 5) is 4.47. The normalized spacial score (nSPS) is 10.8. The molecule has 0 unspecified atom stereocenters. The Morgan fingerprint density at radius 3 is 2.41 bits per heavy atom. The van der Waals surface area contributed by atoms with Gasteiger partial charge in [0.1, 0.15) is 5.82 Å². The molecule has 134 valence electrons. The molecule has 0 fully saturated rings. The average Bonchev–Trinajstić information content (AvgIpc) is 3.06. The van der Waals surface area contributed by atoms with Crippen molar-refractivity contribution in [3.8, 4) is 16.9 Å². The fourth-order valence-electron chi connectivity index (χ4n) is 3.10. The standard InChI is InChI=1S/C23H22N4/c1-16-7-9-20(10-8-16)25-23-15-19(11-12-24-23)22-14-18(3)26-27(22)21-6-4-5-17(2)13-21/h4-15H,1-3H3,(H,24,25). The predicted molar refractivity (Wildman–Crippen MR) is 111 cm³/mol. The van der Waals surface area contributed by atoms with Crippen molar-refractivity contribution in [1.29, 1.82) is 0 Å². The van der Waals surface area contributed by atoms with Gasteiger partial charge in [0.05, 0.1) is 17.1 Å². The van der Waals surface area contributed by atoms with Gasteiger partial charge in [0.2, 0.25) is 0 Å². The highest BCUT2D eigenvalue weighted by molar-refractivity contribution is 5.68. The third-order valence-electron chi connectivity index (χ3n) is 4.46. The summed E-state index contributed by atoms with van der Waals surface area (Å²) in [7, 11) is 0. The lowest BCUT2D eigenvalue weighted by molar-refractivity contribution is 0.868. The molecule has 0 aliphatic heterocycles. The molecule has 4 nitrogen and oxygen atoms in total. The number of nitrogens with one attached hydrogen (secondary N) is 1. The van der Waals surface area contributed by atoms with Gasteiger partial charge in [-0.25, -0.2) is 9.67 Å². The quantitative estimate of drug-likeness (QED) is 0.518. The van der Waals surface area contributed by atoms with Crippen LogP contribution in [0, 0.1) is 20.8 Å². The molecule has 0 bridgehead atoms. The molecule has 0 aliphatic rings. The van der Waals surface area contributed by atoms with E-state index in [1.54, 1.807) is 0 Å². The molecule has 0 amide bonds. The highest BCUT2D eigenvalue weighted by Gasteiger charge is 2.11. The highest BCUT2D eigenvalue weighted by atomic mass is 15.3. The molecule has 4 heteroatoms. The summed E-state index contributed by atoms with van der Waals surface area (Å²) in [6.07, 6.45) is 1.83. The number of benzene rings is 2. The Bertz CT molecular complexity index is 1080. The van der Waals surface area contributed by atoms with Gasteiger partial charge in [-0.3, -0.25) is 0 Å². The lowest BCUT2D eigenvalue weighted by atomic mass is 10.1. The van der Waals surface area contributed by atoms with E-state index >= 15 is 0 Å². The van der Waals surface area contributed by atoms with Crippen LogP contribution in [0.3, 0.4) is 0 Å². The Kier molecular flexibility index (Phi) is 4.47. The number of hydrogen-bond acceptors (Lipinski definition) is 3. The van der Waals surface area contributed by atoms with Crippen LogP contribution in [0.25, 0.3) is 16.9 Å². The molecule has 1 N–H and O–H groups in total. The van der Waals surface area contributed by atoms with E-state index in [9.17, 15) is 0 Å². The third-order valence-corrected chi connectivity index (χ3v) is 4.46. The second kappa shape index (κ2) is 7.08. The fourth-order valence-corrected chi connectivity index (χ4v) is 3.10. The fraction of sp³-hybridized carbons (Fsp3) is 0.130. The topological polar surface area (TPSA) is 42.7 Å². The molecule has 2 heterocycles. The number of rotatable bonds is 4. The van der Waals surface area contributed by atoms with Crippen molar-refractivity contribution in [2.24, 2.45) is 0 Å². The predicted octanol–water partition coefficient (Wildman–Crippen LogP) is 5.60. The summed E-state index contributed by atoms with van der Waals surface area (Å²) in [5.74, 6) is 0.811. The first-order valence-corrected chi connectivity index (χ1v) is 9.02. The summed E-state index contributed by atoms with van der Waals surface area (Å²) in [5.41, 5.74) is 7.63. The van der Waals surface area contributed by atoms with Gasteiger partial charge in [-0.2, -0.15) is 5.10 Å². The van der Waals surface area contributed by atoms with Crippen molar-refractivity contribution in [3.63, 3.8) is 0 Å². The minimum atomic E-state index is 0.811. The van der Waals surface area contributed by atoms with Crippen molar-refractivity contribution in [2.45, 2.75) is 20.8 Å². The molecule has 2 aromatic heterocycles. The van der Waals surface area contributed by atoms with Crippen LogP contribution < -0.4 is 5.32 Å². The molecule has 4 rings (SSSR count). The van der Waals surface area contributed by atoms with Crippen molar-refractivity contribution in [2.75, 3.05) is 5.32 Å². The Morgan fingerprint density at radius 1 is 0.815 bits per heavy atom. The maximum Gasteiger partial charge on any atom is 0.130 e. The van der Waals surface area contributed by atoms with Crippen LogP contribution in [0.5, 0.6) is 0 Å². The number of nitrogens with zero attached hydrogens (tertiary/aromatic N) is 3. The first-order chi connectivity index (χ1) is 13.1. The summed E-state index contributed by atoms with van der Waals surface area (Å²) >= 11 is 0. The molecule has 0 saturated carbocycles. The molecule has 0 aliphatic carbocycles. The first kappa shape index (κ1) is 17.0. The molecule has 4 aromatic rings. The zero-order valence-electron chi connectivity index (χ0n) is 15.8. The van der Waals surface area contributed by atoms with Gasteiger partial charge in [-0.05, 0) is 68.8 Å². The van der Waals surface area contributed by atoms with E-state index in [0.717, 1.165) is 34.1 Å². The number of anilines is 2. The van der Waals surface area contributed by atoms with Crippen molar-refractivity contribution < 1.29 is 0 Å². The molecular weight excluding hydrogens is 332 g/mol. The maximum atomic E-state index is 4.70. The minimum Gasteiger partial charge on any atom is -0.340 e. The van der Waals surface area contributed by atoms with Gasteiger partial charge >= 0.3 is 0 Å². The molecule has 0 radical (unpaired) electrons. The largest absolute Gasteiger partial charge is 0.340 e. The van der Waals surface area contributed by atoms with Gasteiger partial charge in [-0.15, -0.1) is 0 Å². The monoisotopic (exact) mass is 354 g/mol. The molecular formula is C23H22N4. The van der Waals surface area contributed by atoms with Crippen LogP contribution in [-0.2, 0) is 0 Å². The molecule has 0 saturated heterocycles. The van der Waals surface area contributed by atoms with E-state index in [4.69, 9.17) is 5.10 Å². The minimum absolute atomic E-state index is 0.811. The van der Waals surface area contributed by atoms with E-state index in [-0.39, 0.29) is 0 Å². The average molecular weight is 354 g/mol. The SMILES string of the molecule is Cc1ccc(Nc2cc(-c3cc(C)nn3-c3cccc(C)c3)ccn2)cc1. The molecule has 0 atom stereocenters. The van der Waals surface area contributed by atoms with Crippen molar-refractivity contribution >= 4 is 11.5 Å². The lowest BCUT2D eigenvalue weighted by Gasteiger charge is -2.10. The van der Waals surface area contributed by atoms with Crippen LogP contribution in [0.15, 0.2) is 72.9 Å². The van der Waals surface area contributed by atoms with Gasteiger partial charge in [0.25, 0.3) is 0 Å². The van der Waals surface area contributed by atoms with Gasteiger partial charge in [-0.1, -0.05) is 29.8 Å². The number of hydrogen-bond donors (Lipinski definition) is 1. The summed E-state index contributed by atoms with van der Waals surface area (Å²) < 4.78 is 1.99. The smallest absolute Gasteiger partial charge is 0.130 e.